The van der Waals surface area contributed by atoms with Gasteiger partial charge in [-0.2, -0.15) is 0 Å². The number of nitrogens with one attached hydrogen (secondary N) is 2. The number of hydrogen-bond acceptors (Lipinski definition) is 7. The van der Waals surface area contributed by atoms with Crippen LogP contribution in [0, 0.1) is 0 Å². The second kappa shape index (κ2) is 14.0. The van der Waals surface area contributed by atoms with Gasteiger partial charge in [0.25, 0.3) is 0 Å². The molecule has 2 rings (SSSR count). The predicted molar refractivity (Wildman–Crippen MR) is 122 cm³/mol. The molecular formula is C23H28N2O7S. The SMILES string of the molecule is COC(=O)[C@H](CC[S@@](=O)c1ccccc1)NC(=O)C[C@@H](O)CNC(=O)OCc1ccccc1. The summed E-state index contributed by atoms with van der Waals surface area (Å²) in [6.07, 6.45) is -2.17. The first-order chi connectivity index (χ1) is 15.9. The van der Waals surface area contributed by atoms with Crippen molar-refractivity contribution in [3.63, 3.8) is 0 Å². The first kappa shape index (κ1) is 26.0. The summed E-state index contributed by atoms with van der Waals surface area (Å²) in [7, 11) is -0.152. The highest BCUT2D eigenvalue weighted by molar-refractivity contribution is 7.85. The second-order valence-electron chi connectivity index (χ2n) is 7.10. The molecule has 0 aliphatic heterocycles. The van der Waals surface area contributed by atoms with Crippen molar-refractivity contribution in [1.82, 2.24) is 10.6 Å². The smallest absolute Gasteiger partial charge is 0.407 e. The Morgan fingerprint density at radius 3 is 2.30 bits per heavy atom. The van der Waals surface area contributed by atoms with E-state index in [2.05, 4.69) is 10.6 Å². The summed E-state index contributed by atoms with van der Waals surface area (Å²) in [6.45, 7) is -0.129. The van der Waals surface area contributed by atoms with E-state index in [0.717, 1.165) is 5.56 Å². The third-order valence-corrected chi connectivity index (χ3v) is 5.94. The van der Waals surface area contributed by atoms with Crippen molar-refractivity contribution < 1.29 is 33.2 Å². The molecular weight excluding hydrogens is 448 g/mol. The van der Waals surface area contributed by atoms with Crippen molar-refractivity contribution in [2.45, 2.75) is 36.5 Å². The van der Waals surface area contributed by atoms with Gasteiger partial charge in [-0.15, -0.1) is 0 Å². The first-order valence-electron chi connectivity index (χ1n) is 10.3. The van der Waals surface area contributed by atoms with E-state index < -0.39 is 40.9 Å². The minimum atomic E-state index is -1.34. The number of carbonyl (C=O) groups excluding carboxylic acids is 3. The van der Waals surface area contributed by atoms with Crippen molar-refractivity contribution in [3.05, 3.63) is 66.2 Å². The molecule has 0 heterocycles. The van der Waals surface area contributed by atoms with Gasteiger partial charge in [-0.05, 0) is 24.1 Å². The Labute approximate surface area is 194 Å². The topological polar surface area (TPSA) is 131 Å². The monoisotopic (exact) mass is 476 g/mol. The van der Waals surface area contributed by atoms with Crippen LogP contribution in [-0.2, 0) is 36.5 Å². The zero-order valence-electron chi connectivity index (χ0n) is 18.3. The first-order valence-corrected chi connectivity index (χ1v) is 11.6. The van der Waals surface area contributed by atoms with E-state index >= 15 is 0 Å². The highest BCUT2D eigenvalue weighted by Gasteiger charge is 2.24. The van der Waals surface area contributed by atoms with Crippen molar-refractivity contribution in [2.24, 2.45) is 0 Å². The van der Waals surface area contributed by atoms with Gasteiger partial charge in [0.05, 0.1) is 30.4 Å². The Morgan fingerprint density at radius 1 is 1.03 bits per heavy atom. The quantitative estimate of drug-likeness (QED) is 0.396. The Kier molecular flexibility index (Phi) is 11.1. The fraction of sp³-hybridized carbons (Fsp3) is 0.348. The average molecular weight is 477 g/mol. The van der Waals surface area contributed by atoms with Crippen LogP contribution >= 0.6 is 0 Å². The van der Waals surface area contributed by atoms with Crippen LogP contribution in [-0.4, -0.2) is 58.8 Å². The summed E-state index contributed by atoms with van der Waals surface area (Å²) >= 11 is 0. The normalized spacial score (nSPS) is 13.3. The lowest BCUT2D eigenvalue weighted by Gasteiger charge is -2.18. The summed E-state index contributed by atoms with van der Waals surface area (Å²) in [5.74, 6) is -1.14. The molecule has 10 heteroatoms. The molecule has 2 aromatic rings. The molecule has 0 saturated heterocycles. The number of hydrogen-bond donors (Lipinski definition) is 3. The molecule has 33 heavy (non-hydrogen) atoms. The van der Waals surface area contributed by atoms with Crippen LogP contribution in [0.5, 0.6) is 0 Å². The number of rotatable bonds is 12. The summed E-state index contributed by atoms with van der Waals surface area (Å²) in [5, 5.41) is 14.9. The molecule has 0 fully saturated rings. The third kappa shape index (κ3) is 9.84. The second-order valence-corrected chi connectivity index (χ2v) is 8.67. The molecule has 0 bridgehead atoms. The summed E-state index contributed by atoms with van der Waals surface area (Å²) in [6, 6.07) is 16.9. The van der Waals surface area contributed by atoms with E-state index in [1.165, 1.54) is 7.11 Å². The van der Waals surface area contributed by atoms with Crippen molar-refractivity contribution in [3.8, 4) is 0 Å². The predicted octanol–water partition coefficient (Wildman–Crippen LogP) is 1.52. The summed E-state index contributed by atoms with van der Waals surface area (Å²) in [4.78, 5) is 36.6. The number of ether oxygens (including phenoxy) is 2. The minimum absolute atomic E-state index is 0.0778. The van der Waals surface area contributed by atoms with Crippen molar-refractivity contribution in [1.29, 1.82) is 0 Å². The van der Waals surface area contributed by atoms with E-state index in [9.17, 15) is 23.7 Å². The standard InChI is InChI=1S/C23H28N2O7S/c1-31-22(28)20(12-13-33(30)19-10-6-3-7-11-19)25-21(27)14-18(26)15-24-23(29)32-16-17-8-4-2-5-9-17/h2-11,18,20,26H,12-16H2,1H3,(H,24,29)(H,25,27)/t18-,20+,33-/m1/s1. The number of benzene rings is 2. The van der Waals surface area contributed by atoms with Crippen LogP contribution in [0.15, 0.2) is 65.6 Å². The Balaban J connectivity index is 1.74. The highest BCUT2D eigenvalue weighted by atomic mass is 32.2. The van der Waals surface area contributed by atoms with E-state index in [1.807, 2.05) is 18.2 Å². The molecule has 0 spiro atoms. The molecule has 0 saturated carbocycles. The largest absolute Gasteiger partial charge is 0.467 e. The van der Waals surface area contributed by atoms with Crippen LogP contribution in [0.25, 0.3) is 0 Å². The van der Waals surface area contributed by atoms with Gasteiger partial charge < -0.3 is 25.2 Å². The van der Waals surface area contributed by atoms with E-state index in [-0.39, 0.29) is 31.7 Å². The molecule has 178 valence electrons. The van der Waals surface area contributed by atoms with Crippen molar-refractivity contribution in [2.75, 3.05) is 19.4 Å². The molecule has 0 unspecified atom stereocenters. The molecule has 0 aliphatic rings. The third-order valence-electron chi connectivity index (χ3n) is 4.53. The van der Waals surface area contributed by atoms with E-state index in [1.54, 1.807) is 42.5 Å². The number of esters is 1. The zero-order valence-corrected chi connectivity index (χ0v) is 19.1. The molecule has 0 aliphatic carbocycles. The number of alkyl carbamates (subject to hydrolysis) is 1. The van der Waals surface area contributed by atoms with Gasteiger partial charge in [0.1, 0.15) is 12.6 Å². The van der Waals surface area contributed by atoms with Gasteiger partial charge >= 0.3 is 12.1 Å². The lowest BCUT2D eigenvalue weighted by atomic mass is 10.2. The Hall–Kier alpha value is -3.24. The maximum atomic E-state index is 12.4. The molecule has 3 atom stereocenters. The van der Waals surface area contributed by atoms with Crippen LogP contribution in [0.4, 0.5) is 4.79 Å². The lowest BCUT2D eigenvalue weighted by molar-refractivity contribution is -0.145. The Morgan fingerprint density at radius 2 is 1.67 bits per heavy atom. The van der Waals surface area contributed by atoms with Crippen molar-refractivity contribution >= 4 is 28.8 Å². The van der Waals surface area contributed by atoms with Crippen LogP contribution in [0.1, 0.15) is 18.4 Å². The maximum Gasteiger partial charge on any atom is 0.407 e. The van der Waals surface area contributed by atoms with Gasteiger partial charge in [0.15, 0.2) is 0 Å². The van der Waals surface area contributed by atoms with Gasteiger partial charge in [0, 0.05) is 17.2 Å². The van der Waals surface area contributed by atoms with Crippen LogP contribution in [0.2, 0.25) is 0 Å². The number of aliphatic hydroxyl groups is 1. The highest BCUT2D eigenvalue weighted by Crippen LogP contribution is 2.09. The average Bonchev–Trinajstić information content (AvgIpc) is 2.84. The summed E-state index contributed by atoms with van der Waals surface area (Å²) < 4.78 is 22.1. The van der Waals surface area contributed by atoms with E-state index in [0.29, 0.717) is 4.90 Å². The molecule has 3 N–H and O–H groups in total. The number of carbonyl (C=O) groups is 3. The zero-order chi connectivity index (χ0) is 24.1. The Bertz CT molecular complexity index is 925. The molecule has 0 radical (unpaired) electrons. The van der Waals surface area contributed by atoms with Gasteiger partial charge in [-0.25, -0.2) is 9.59 Å². The molecule has 0 aromatic heterocycles. The number of amides is 2. The molecule has 9 nitrogen and oxygen atoms in total. The van der Waals surface area contributed by atoms with Crippen LogP contribution in [0.3, 0.4) is 0 Å². The number of aliphatic hydroxyl groups excluding tert-OH is 1. The summed E-state index contributed by atoms with van der Waals surface area (Å²) in [5.41, 5.74) is 0.814. The lowest BCUT2D eigenvalue weighted by Crippen LogP contribution is -2.44. The van der Waals surface area contributed by atoms with Gasteiger partial charge in [-0.1, -0.05) is 48.5 Å². The minimum Gasteiger partial charge on any atom is -0.467 e. The van der Waals surface area contributed by atoms with Gasteiger partial charge in [-0.3, -0.25) is 9.00 Å². The fourth-order valence-electron chi connectivity index (χ4n) is 2.82. The van der Waals surface area contributed by atoms with Gasteiger partial charge in [0.2, 0.25) is 5.91 Å². The maximum absolute atomic E-state index is 12.4. The van der Waals surface area contributed by atoms with E-state index in [4.69, 9.17) is 9.47 Å². The fourth-order valence-corrected chi connectivity index (χ4v) is 3.97. The van der Waals surface area contributed by atoms with Crippen LogP contribution < -0.4 is 10.6 Å². The number of methoxy groups -OCH3 is 1. The molecule has 2 aromatic carbocycles. The molecule has 2 amide bonds.